The van der Waals surface area contributed by atoms with Gasteiger partial charge in [0, 0.05) is 51.2 Å². The van der Waals surface area contributed by atoms with Gasteiger partial charge in [0.2, 0.25) is 5.91 Å². The Kier molecular flexibility index (Phi) is 7.28. The Morgan fingerprint density at radius 1 is 1.00 bits per heavy atom. The maximum absolute atomic E-state index is 13.6. The highest BCUT2D eigenvalue weighted by Crippen LogP contribution is 2.35. The maximum Gasteiger partial charge on any atom is 0.242 e. The largest absolute Gasteiger partial charge is 0.378 e. The van der Waals surface area contributed by atoms with E-state index in [-0.39, 0.29) is 12.5 Å². The van der Waals surface area contributed by atoms with Crippen LogP contribution in [0.1, 0.15) is 11.1 Å². The van der Waals surface area contributed by atoms with Gasteiger partial charge in [-0.2, -0.15) is 5.26 Å². The first-order valence-electron chi connectivity index (χ1n) is 13.5. The summed E-state index contributed by atoms with van der Waals surface area (Å²) >= 11 is 0. The molecule has 2 aliphatic rings. The fourth-order valence-corrected chi connectivity index (χ4v) is 5.64. The molecule has 0 aliphatic carbocycles. The van der Waals surface area contributed by atoms with E-state index in [0.717, 1.165) is 47.4 Å². The summed E-state index contributed by atoms with van der Waals surface area (Å²) in [7, 11) is 0. The number of fused-ring (bicyclic) bond motifs is 3. The van der Waals surface area contributed by atoms with Crippen LogP contribution in [0.5, 0.6) is 0 Å². The van der Waals surface area contributed by atoms with Crippen LogP contribution in [-0.2, 0) is 22.5 Å². The summed E-state index contributed by atoms with van der Waals surface area (Å²) in [5.74, 6) is -0.932. The van der Waals surface area contributed by atoms with Gasteiger partial charge in [-0.05, 0) is 36.2 Å². The van der Waals surface area contributed by atoms with Crippen LogP contribution >= 0.6 is 0 Å². The first-order chi connectivity index (χ1) is 19.5. The van der Waals surface area contributed by atoms with E-state index in [0.29, 0.717) is 56.9 Å². The van der Waals surface area contributed by atoms with Crippen molar-refractivity contribution in [3.05, 3.63) is 65.5 Å². The van der Waals surface area contributed by atoms with Crippen LogP contribution in [0.25, 0.3) is 21.9 Å². The van der Waals surface area contributed by atoms with E-state index in [1.165, 1.54) is 18.5 Å². The summed E-state index contributed by atoms with van der Waals surface area (Å²) in [4.78, 5) is 28.9. The molecule has 2 aliphatic heterocycles. The normalized spacial score (nSPS) is 16.5. The fourth-order valence-electron chi connectivity index (χ4n) is 5.64. The van der Waals surface area contributed by atoms with Crippen LogP contribution in [0.2, 0.25) is 0 Å². The molecule has 2 fully saturated rings. The topological polar surface area (TPSA) is 90.5 Å². The lowest BCUT2D eigenvalue weighted by Crippen LogP contribution is -2.47. The Morgan fingerprint density at radius 3 is 2.55 bits per heavy atom. The molecular formula is C29H29F2N7O2. The van der Waals surface area contributed by atoms with Crippen LogP contribution < -0.4 is 4.90 Å². The zero-order valence-corrected chi connectivity index (χ0v) is 22.0. The number of piperazine rings is 1. The second kappa shape index (κ2) is 11.2. The molecule has 0 atom stereocenters. The number of halogens is 2. The Bertz CT molecular complexity index is 1600. The quantitative estimate of drug-likeness (QED) is 0.368. The molecule has 40 heavy (non-hydrogen) atoms. The molecule has 0 radical (unpaired) electrons. The molecule has 0 spiro atoms. The Labute approximate surface area is 230 Å². The zero-order valence-electron chi connectivity index (χ0n) is 22.0. The van der Waals surface area contributed by atoms with Gasteiger partial charge in [-0.1, -0.05) is 12.1 Å². The van der Waals surface area contributed by atoms with E-state index in [2.05, 4.69) is 25.8 Å². The highest BCUT2D eigenvalue weighted by atomic mass is 19.2. The SMILES string of the molecule is N#Cc1cccc2c1c1ncnc(N3CCN(CCc4ccc(F)c(F)c4)CC3)c1n2CC(=O)N1CCOCC1. The average molecular weight is 546 g/mol. The monoisotopic (exact) mass is 545 g/mol. The van der Waals surface area contributed by atoms with Crippen molar-refractivity contribution in [2.75, 3.05) is 63.9 Å². The lowest BCUT2D eigenvalue weighted by Gasteiger charge is -2.35. The van der Waals surface area contributed by atoms with Gasteiger partial charge in [0.05, 0.1) is 30.4 Å². The predicted molar refractivity (Wildman–Crippen MR) is 146 cm³/mol. The number of anilines is 1. The Balaban J connectivity index is 1.28. The molecule has 11 heteroatoms. The standard InChI is InChI=1S/C29H29F2N7O2/c30-22-5-4-20(16-23(22)31)6-7-35-8-10-37(11-9-35)29-28-27(33-19-34-29)26-21(17-32)2-1-3-24(26)38(28)18-25(39)36-12-14-40-15-13-36/h1-5,16,19H,6-15,18H2. The van der Waals surface area contributed by atoms with Gasteiger partial charge < -0.3 is 19.1 Å². The van der Waals surface area contributed by atoms with Gasteiger partial charge in [-0.25, -0.2) is 18.7 Å². The van der Waals surface area contributed by atoms with E-state index in [9.17, 15) is 18.8 Å². The minimum absolute atomic E-state index is 0.0127. The van der Waals surface area contributed by atoms with Crippen molar-refractivity contribution in [1.82, 2.24) is 24.3 Å². The van der Waals surface area contributed by atoms with Crippen molar-refractivity contribution in [2.24, 2.45) is 0 Å². The maximum atomic E-state index is 13.6. The van der Waals surface area contributed by atoms with Gasteiger partial charge in [-0.15, -0.1) is 0 Å². The number of hydrogen-bond acceptors (Lipinski definition) is 7. The lowest BCUT2D eigenvalue weighted by molar-refractivity contribution is -0.135. The van der Waals surface area contributed by atoms with Gasteiger partial charge in [-0.3, -0.25) is 9.69 Å². The molecule has 0 N–H and O–H groups in total. The van der Waals surface area contributed by atoms with Gasteiger partial charge >= 0.3 is 0 Å². The number of rotatable bonds is 6. The summed E-state index contributed by atoms with van der Waals surface area (Å²) < 4.78 is 34.2. The summed E-state index contributed by atoms with van der Waals surface area (Å²) in [6, 6.07) is 11.9. The van der Waals surface area contributed by atoms with E-state index in [1.807, 2.05) is 21.6 Å². The van der Waals surface area contributed by atoms with E-state index >= 15 is 0 Å². The zero-order chi connectivity index (χ0) is 27.6. The molecule has 6 rings (SSSR count). The number of aromatic nitrogens is 3. The molecule has 4 aromatic rings. The number of ether oxygens (including phenoxy) is 1. The number of nitriles is 1. The van der Waals surface area contributed by atoms with Crippen molar-refractivity contribution < 1.29 is 18.3 Å². The van der Waals surface area contributed by atoms with Crippen LogP contribution in [0.15, 0.2) is 42.7 Å². The van der Waals surface area contributed by atoms with Gasteiger partial charge in [0.15, 0.2) is 17.5 Å². The third kappa shape index (κ3) is 4.96. The van der Waals surface area contributed by atoms with Crippen LogP contribution in [0.3, 0.4) is 0 Å². The van der Waals surface area contributed by atoms with Crippen molar-refractivity contribution in [3.63, 3.8) is 0 Å². The Morgan fingerprint density at radius 2 is 1.80 bits per heavy atom. The minimum Gasteiger partial charge on any atom is -0.378 e. The molecule has 2 aromatic carbocycles. The number of carbonyl (C=O) groups excluding carboxylic acids is 1. The third-order valence-corrected chi connectivity index (χ3v) is 7.79. The molecule has 2 aromatic heterocycles. The van der Waals surface area contributed by atoms with Crippen LogP contribution in [0.4, 0.5) is 14.6 Å². The van der Waals surface area contributed by atoms with E-state index in [4.69, 9.17) is 4.74 Å². The van der Waals surface area contributed by atoms with Crippen LogP contribution in [-0.4, -0.2) is 89.3 Å². The molecular weight excluding hydrogens is 516 g/mol. The molecule has 4 heterocycles. The second-order valence-corrected chi connectivity index (χ2v) is 10.1. The molecule has 9 nitrogen and oxygen atoms in total. The van der Waals surface area contributed by atoms with Gasteiger partial charge in [0.25, 0.3) is 0 Å². The summed E-state index contributed by atoms with van der Waals surface area (Å²) in [6.45, 7) is 5.93. The van der Waals surface area contributed by atoms with E-state index in [1.54, 1.807) is 12.1 Å². The molecule has 0 unspecified atom stereocenters. The number of carbonyl (C=O) groups is 1. The first-order valence-corrected chi connectivity index (χ1v) is 13.5. The van der Waals surface area contributed by atoms with Crippen LogP contribution in [0, 0.1) is 23.0 Å². The van der Waals surface area contributed by atoms with Crippen molar-refractivity contribution >= 4 is 33.7 Å². The predicted octanol–water partition coefficient (Wildman–Crippen LogP) is 2.96. The molecule has 0 bridgehead atoms. The highest BCUT2D eigenvalue weighted by Gasteiger charge is 2.27. The summed E-state index contributed by atoms with van der Waals surface area (Å²) in [6.07, 6.45) is 2.15. The van der Waals surface area contributed by atoms with Crippen molar-refractivity contribution in [1.29, 1.82) is 5.26 Å². The molecule has 2 saturated heterocycles. The fraction of sp³-hybridized carbons (Fsp3) is 0.379. The summed E-state index contributed by atoms with van der Waals surface area (Å²) in [5.41, 5.74) is 3.46. The minimum atomic E-state index is -0.834. The third-order valence-electron chi connectivity index (χ3n) is 7.79. The molecule has 1 amide bonds. The van der Waals surface area contributed by atoms with Gasteiger partial charge in [0.1, 0.15) is 23.9 Å². The second-order valence-electron chi connectivity index (χ2n) is 10.1. The van der Waals surface area contributed by atoms with Crippen molar-refractivity contribution in [2.45, 2.75) is 13.0 Å². The summed E-state index contributed by atoms with van der Waals surface area (Å²) in [5, 5.41) is 10.6. The van der Waals surface area contributed by atoms with Crippen molar-refractivity contribution in [3.8, 4) is 6.07 Å². The smallest absolute Gasteiger partial charge is 0.242 e. The number of hydrogen-bond donors (Lipinski definition) is 0. The lowest BCUT2D eigenvalue weighted by atomic mass is 10.1. The number of nitrogens with zero attached hydrogens (tertiary/aromatic N) is 7. The Hall–Kier alpha value is -4.14. The van der Waals surface area contributed by atoms with E-state index < -0.39 is 11.6 Å². The number of morpholine rings is 1. The molecule has 206 valence electrons. The highest BCUT2D eigenvalue weighted by molar-refractivity contribution is 6.12. The first kappa shape index (κ1) is 26.1. The molecule has 0 saturated carbocycles. The number of benzene rings is 2. The average Bonchev–Trinajstić information content (AvgIpc) is 3.32. The number of amides is 1.